The summed E-state index contributed by atoms with van der Waals surface area (Å²) in [5.41, 5.74) is 0. The molecule has 1 aliphatic heterocycles. The Balaban J connectivity index is 1.65. The van der Waals surface area contributed by atoms with Gasteiger partial charge in [-0.3, -0.25) is 9.59 Å². The lowest BCUT2D eigenvalue weighted by Crippen LogP contribution is -2.34. The van der Waals surface area contributed by atoms with Crippen molar-refractivity contribution in [2.45, 2.75) is 109 Å². The van der Waals surface area contributed by atoms with E-state index < -0.39 is 19.2 Å². The van der Waals surface area contributed by atoms with Crippen molar-refractivity contribution in [2.24, 2.45) is 11.8 Å². The molecule has 29 heavy (non-hydrogen) atoms. The van der Waals surface area contributed by atoms with Crippen LogP contribution >= 0.6 is 0 Å². The highest BCUT2D eigenvalue weighted by Gasteiger charge is 2.35. The van der Waals surface area contributed by atoms with Crippen molar-refractivity contribution in [2.75, 3.05) is 6.54 Å². The van der Waals surface area contributed by atoms with E-state index in [0.717, 1.165) is 51.0 Å². The molecule has 2 rings (SSSR count). The Labute approximate surface area is 176 Å². The summed E-state index contributed by atoms with van der Waals surface area (Å²) in [6.45, 7) is 5.61. The zero-order valence-electron chi connectivity index (χ0n) is 18.3. The molecule has 7 heteroatoms. The van der Waals surface area contributed by atoms with Crippen molar-refractivity contribution < 1.29 is 24.4 Å². The third-order valence-electron chi connectivity index (χ3n) is 6.48. The summed E-state index contributed by atoms with van der Waals surface area (Å²) in [6, 6.07) is 0.594. The number of carboxylic acid groups (broad SMARTS) is 1. The van der Waals surface area contributed by atoms with E-state index in [1.165, 1.54) is 12.8 Å². The van der Waals surface area contributed by atoms with Crippen LogP contribution in [-0.2, 0) is 14.2 Å². The van der Waals surface area contributed by atoms with Crippen molar-refractivity contribution in [3.8, 4) is 0 Å². The minimum absolute atomic E-state index is 0.0908. The van der Waals surface area contributed by atoms with Crippen LogP contribution in [0.15, 0.2) is 0 Å². The number of Topliss-reactive ketones (excluding diaryl/α,β-unsaturated/α-hetero) is 1. The Bertz CT molecular complexity index is 507. The first-order valence-corrected chi connectivity index (χ1v) is 11.6. The molecule has 0 aromatic rings. The summed E-state index contributed by atoms with van der Waals surface area (Å²) < 4.78 is 5.52. The maximum Gasteiger partial charge on any atom is 0.458 e. The average molecular weight is 409 g/mol. The van der Waals surface area contributed by atoms with Gasteiger partial charge < -0.3 is 20.1 Å². The minimum Gasteiger partial charge on any atom is -0.481 e. The van der Waals surface area contributed by atoms with Gasteiger partial charge in [0.2, 0.25) is 0 Å². The van der Waals surface area contributed by atoms with Crippen LogP contribution in [0.1, 0.15) is 90.9 Å². The van der Waals surface area contributed by atoms with Crippen LogP contribution in [0.3, 0.4) is 0 Å². The number of ketones is 1. The zero-order chi connectivity index (χ0) is 21.2. The molecule has 0 bridgehead atoms. The fraction of sp³-hybridized carbons (Fsp3) is 0.909. The Hall–Kier alpha value is -0.915. The zero-order valence-corrected chi connectivity index (χ0v) is 18.3. The number of hydrogen-bond acceptors (Lipinski definition) is 5. The third-order valence-corrected chi connectivity index (χ3v) is 6.48. The summed E-state index contributed by atoms with van der Waals surface area (Å²) in [4.78, 5) is 23.4. The fourth-order valence-corrected chi connectivity index (χ4v) is 4.76. The van der Waals surface area contributed by atoms with Gasteiger partial charge in [0.05, 0.1) is 12.5 Å². The van der Waals surface area contributed by atoms with E-state index in [-0.39, 0.29) is 18.0 Å². The molecule has 0 unspecified atom stereocenters. The lowest BCUT2D eigenvalue weighted by molar-refractivity contribution is -0.139. The highest BCUT2D eigenvalue weighted by molar-refractivity contribution is 6.45. The first-order valence-electron chi connectivity index (χ1n) is 11.6. The van der Waals surface area contributed by atoms with E-state index in [2.05, 4.69) is 19.2 Å². The average Bonchev–Trinajstić information content (AvgIpc) is 2.80. The van der Waals surface area contributed by atoms with Crippen molar-refractivity contribution in [3.05, 3.63) is 0 Å². The molecule has 1 saturated carbocycles. The van der Waals surface area contributed by atoms with Crippen LogP contribution in [0.4, 0.5) is 0 Å². The summed E-state index contributed by atoms with van der Waals surface area (Å²) in [7, 11) is -1.03. The number of carboxylic acids is 1. The Morgan fingerprint density at radius 2 is 1.79 bits per heavy atom. The van der Waals surface area contributed by atoms with Crippen molar-refractivity contribution in [3.63, 3.8) is 0 Å². The molecule has 1 aliphatic carbocycles. The fourth-order valence-electron chi connectivity index (χ4n) is 4.76. The van der Waals surface area contributed by atoms with E-state index in [9.17, 15) is 14.6 Å². The van der Waals surface area contributed by atoms with Gasteiger partial charge in [0.15, 0.2) is 0 Å². The summed E-state index contributed by atoms with van der Waals surface area (Å²) in [6.07, 6.45) is 9.51. The lowest BCUT2D eigenvalue weighted by Gasteiger charge is -2.29. The SMILES string of the molecule is CC(C)CCCNC1CCC(CC(=O)C[C@H]2CCC[C@H](CC(=O)O)OB2O)CC1. The van der Waals surface area contributed by atoms with Crippen LogP contribution in [-0.4, -0.2) is 47.7 Å². The number of aliphatic carboxylic acids is 1. The monoisotopic (exact) mass is 409 g/mol. The molecular formula is C22H40BNO5. The minimum atomic E-state index is -1.03. The number of carbonyl (C=O) groups is 2. The predicted molar refractivity (Wildman–Crippen MR) is 115 cm³/mol. The maximum absolute atomic E-state index is 12.6. The van der Waals surface area contributed by atoms with Gasteiger partial charge in [0.1, 0.15) is 5.78 Å². The Morgan fingerprint density at radius 3 is 2.45 bits per heavy atom. The van der Waals surface area contributed by atoms with Gasteiger partial charge in [0.25, 0.3) is 0 Å². The molecule has 6 nitrogen and oxygen atoms in total. The molecule has 2 aliphatic rings. The number of hydrogen-bond donors (Lipinski definition) is 3. The molecule has 1 saturated heterocycles. The highest BCUT2D eigenvalue weighted by Crippen LogP contribution is 2.32. The molecule has 0 aromatic carbocycles. The second kappa shape index (κ2) is 12.7. The molecule has 1 heterocycles. The number of rotatable bonds is 11. The Morgan fingerprint density at radius 1 is 1.07 bits per heavy atom. The number of nitrogens with one attached hydrogen (secondary N) is 1. The van der Waals surface area contributed by atoms with Crippen molar-refractivity contribution >= 4 is 18.9 Å². The van der Waals surface area contributed by atoms with Gasteiger partial charge in [-0.15, -0.1) is 0 Å². The van der Waals surface area contributed by atoms with Crippen LogP contribution in [0.2, 0.25) is 5.82 Å². The lowest BCUT2D eigenvalue weighted by atomic mass is 9.67. The second-order valence-electron chi connectivity index (χ2n) is 9.59. The van der Waals surface area contributed by atoms with Gasteiger partial charge in [-0.2, -0.15) is 0 Å². The summed E-state index contributed by atoms with van der Waals surface area (Å²) in [5.74, 6) is 0.309. The van der Waals surface area contributed by atoms with Gasteiger partial charge in [-0.25, -0.2) is 0 Å². The molecule has 0 aromatic heterocycles. The van der Waals surface area contributed by atoms with Crippen LogP contribution in [0.5, 0.6) is 0 Å². The van der Waals surface area contributed by atoms with Gasteiger partial charge in [0, 0.05) is 24.7 Å². The molecule has 0 radical (unpaired) electrons. The van der Waals surface area contributed by atoms with E-state index in [4.69, 9.17) is 9.76 Å². The largest absolute Gasteiger partial charge is 0.481 e. The summed E-state index contributed by atoms with van der Waals surface area (Å²) >= 11 is 0. The standard InChI is InChI=1S/C22H40BNO5/c1-16(2)5-4-12-24-19-10-8-17(9-11-19)13-20(25)14-18-6-3-7-21(15-22(26)27)29-23(18)28/h16-19,21,24,28H,3-15H2,1-2H3,(H,26,27)/t17?,18-,19?,21-/m1/s1. The molecule has 2 fully saturated rings. The second-order valence-corrected chi connectivity index (χ2v) is 9.59. The van der Waals surface area contributed by atoms with Crippen LogP contribution in [0, 0.1) is 11.8 Å². The molecule has 3 N–H and O–H groups in total. The normalized spacial score (nSPS) is 28.3. The van der Waals surface area contributed by atoms with E-state index in [1.54, 1.807) is 0 Å². The van der Waals surface area contributed by atoms with Gasteiger partial charge >= 0.3 is 13.1 Å². The van der Waals surface area contributed by atoms with Gasteiger partial charge in [-0.05, 0) is 63.3 Å². The molecule has 2 atom stereocenters. The summed E-state index contributed by atoms with van der Waals surface area (Å²) in [5, 5.41) is 22.9. The van der Waals surface area contributed by atoms with Crippen LogP contribution in [0.25, 0.3) is 0 Å². The first-order chi connectivity index (χ1) is 13.8. The van der Waals surface area contributed by atoms with E-state index in [0.29, 0.717) is 31.2 Å². The van der Waals surface area contributed by atoms with Crippen molar-refractivity contribution in [1.29, 1.82) is 0 Å². The number of carbonyl (C=O) groups excluding carboxylic acids is 1. The smallest absolute Gasteiger partial charge is 0.458 e. The highest BCUT2D eigenvalue weighted by atomic mass is 16.5. The Kier molecular flexibility index (Phi) is 10.7. The quantitative estimate of drug-likeness (QED) is 0.355. The van der Waals surface area contributed by atoms with Crippen molar-refractivity contribution in [1.82, 2.24) is 5.32 Å². The van der Waals surface area contributed by atoms with E-state index in [1.807, 2.05) is 0 Å². The molecule has 0 spiro atoms. The molecular weight excluding hydrogens is 369 g/mol. The topological polar surface area (TPSA) is 95.9 Å². The molecule has 166 valence electrons. The van der Waals surface area contributed by atoms with Crippen LogP contribution < -0.4 is 5.32 Å². The maximum atomic E-state index is 12.6. The van der Waals surface area contributed by atoms with Gasteiger partial charge in [-0.1, -0.05) is 26.7 Å². The third kappa shape index (κ3) is 9.62. The predicted octanol–water partition coefficient (Wildman–Crippen LogP) is 3.81. The first kappa shape index (κ1) is 24.4. The van der Waals surface area contributed by atoms with E-state index >= 15 is 0 Å². The molecule has 0 amide bonds.